The van der Waals surface area contributed by atoms with Crippen LogP contribution in [0.15, 0.2) is 73.4 Å². The Morgan fingerprint density at radius 2 is 1.90 bits per heavy atom. The molecule has 10 heteroatoms. The van der Waals surface area contributed by atoms with Crippen molar-refractivity contribution >= 4 is 40.3 Å². The van der Waals surface area contributed by atoms with Crippen LogP contribution in [0.5, 0.6) is 5.88 Å². The van der Waals surface area contributed by atoms with Crippen molar-refractivity contribution in [3.63, 3.8) is 0 Å². The summed E-state index contributed by atoms with van der Waals surface area (Å²) in [6, 6.07) is 16.0. The fraction of sp³-hybridized carbons (Fsp3) is 0.312. The molecule has 0 aliphatic carbocycles. The first-order chi connectivity index (χ1) is 20.1. The molecular weight excluding hydrogens is 530 g/mol. The Hall–Kier alpha value is -4.70. The lowest BCUT2D eigenvalue weighted by molar-refractivity contribution is -0.111. The molecule has 4 N–H and O–H groups in total. The van der Waals surface area contributed by atoms with E-state index in [0.717, 1.165) is 42.4 Å². The number of anilines is 4. The van der Waals surface area contributed by atoms with Crippen LogP contribution in [-0.2, 0) is 4.79 Å². The number of hydrogen-bond acceptors (Lipinski definition) is 7. The van der Waals surface area contributed by atoms with Crippen LogP contribution in [0, 0.1) is 0 Å². The zero-order chi connectivity index (χ0) is 29.9. The first kappa shape index (κ1) is 28.8. The lowest BCUT2D eigenvalue weighted by Crippen LogP contribution is -2.50. The van der Waals surface area contributed by atoms with Crippen LogP contribution in [0.4, 0.5) is 22.9 Å². The van der Waals surface area contributed by atoms with Gasteiger partial charge in [0.1, 0.15) is 11.9 Å². The highest BCUT2D eigenvalue weighted by molar-refractivity contribution is 6.11. The third-order valence-electron chi connectivity index (χ3n) is 7.29. The summed E-state index contributed by atoms with van der Waals surface area (Å²) in [7, 11) is 0. The molecule has 0 spiro atoms. The van der Waals surface area contributed by atoms with Gasteiger partial charge in [-0.05, 0) is 69.0 Å². The molecule has 218 valence electrons. The van der Waals surface area contributed by atoms with Crippen molar-refractivity contribution in [2.24, 2.45) is 0 Å². The predicted molar refractivity (Wildman–Crippen MR) is 166 cm³/mol. The molecule has 42 heavy (non-hydrogen) atoms. The van der Waals surface area contributed by atoms with E-state index in [0.29, 0.717) is 28.6 Å². The van der Waals surface area contributed by atoms with E-state index in [1.54, 1.807) is 34.8 Å². The van der Waals surface area contributed by atoms with Gasteiger partial charge in [-0.2, -0.15) is 14.6 Å². The molecular formula is C32H37N7O3. The van der Waals surface area contributed by atoms with Gasteiger partial charge in [0, 0.05) is 35.1 Å². The minimum atomic E-state index is -0.392. The van der Waals surface area contributed by atoms with Crippen molar-refractivity contribution in [3.05, 3.63) is 84.6 Å². The molecule has 3 heterocycles. The number of amides is 2. The number of benzene rings is 2. The van der Waals surface area contributed by atoms with Crippen LogP contribution < -0.4 is 26.0 Å². The molecule has 4 aromatic rings. The Morgan fingerprint density at radius 1 is 1.12 bits per heavy atom. The highest BCUT2D eigenvalue weighted by Crippen LogP contribution is 2.29. The lowest BCUT2D eigenvalue weighted by Gasteiger charge is -2.35. The fourth-order valence-corrected chi connectivity index (χ4v) is 4.88. The summed E-state index contributed by atoms with van der Waals surface area (Å²) in [6.07, 6.45) is 4.97. The normalized spacial score (nSPS) is 16.2. The van der Waals surface area contributed by atoms with Crippen molar-refractivity contribution in [1.29, 1.82) is 0 Å². The summed E-state index contributed by atoms with van der Waals surface area (Å²) in [5.74, 6) is 0.699. The summed E-state index contributed by atoms with van der Waals surface area (Å²) in [6.45, 7) is 12.8. The molecule has 1 saturated heterocycles. The van der Waals surface area contributed by atoms with Crippen LogP contribution in [0.1, 0.15) is 62.4 Å². The molecule has 1 aliphatic rings. The molecule has 0 radical (unpaired) electrons. The van der Waals surface area contributed by atoms with Gasteiger partial charge in [0.15, 0.2) is 5.65 Å². The largest absolute Gasteiger partial charge is 0.473 e. The first-order valence-corrected chi connectivity index (χ1v) is 14.1. The second-order valence-electron chi connectivity index (χ2n) is 11.4. The second kappa shape index (κ2) is 12.0. The maximum atomic E-state index is 13.1. The Bertz CT molecular complexity index is 1620. The minimum absolute atomic E-state index is 0.0175. The third kappa shape index (κ3) is 6.60. The van der Waals surface area contributed by atoms with E-state index in [1.165, 1.54) is 0 Å². The number of piperidine rings is 1. The van der Waals surface area contributed by atoms with Crippen LogP contribution in [-0.4, -0.2) is 44.6 Å². The summed E-state index contributed by atoms with van der Waals surface area (Å²) < 4.78 is 8.14. The van der Waals surface area contributed by atoms with Crippen LogP contribution in [0.25, 0.3) is 5.65 Å². The number of hydrogen-bond donors (Lipinski definition) is 4. The Kier molecular flexibility index (Phi) is 8.26. The van der Waals surface area contributed by atoms with Gasteiger partial charge >= 0.3 is 0 Å². The molecule has 2 aromatic carbocycles. The highest BCUT2D eigenvalue weighted by atomic mass is 16.5. The summed E-state index contributed by atoms with van der Waals surface area (Å²) in [5, 5.41) is 17.2. The highest BCUT2D eigenvalue weighted by Gasteiger charge is 2.28. The molecule has 10 nitrogen and oxygen atoms in total. The van der Waals surface area contributed by atoms with Gasteiger partial charge in [-0.25, -0.2) is 0 Å². The van der Waals surface area contributed by atoms with E-state index in [1.807, 2.05) is 30.5 Å². The first-order valence-electron chi connectivity index (χ1n) is 14.1. The number of carbonyl (C=O) groups excluding carboxylic acids is 2. The molecule has 0 bridgehead atoms. The Morgan fingerprint density at radius 3 is 2.64 bits per heavy atom. The average molecular weight is 568 g/mol. The number of aromatic nitrogens is 3. The predicted octanol–water partition coefficient (Wildman–Crippen LogP) is 5.88. The van der Waals surface area contributed by atoms with Crippen molar-refractivity contribution < 1.29 is 14.3 Å². The number of carbonyl (C=O) groups is 2. The van der Waals surface area contributed by atoms with Gasteiger partial charge in [-0.3, -0.25) is 9.59 Å². The molecule has 1 unspecified atom stereocenters. The van der Waals surface area contributed by atoms with Gasteiger partial charge in [0.05, 0.1) is 17.4 Å². The number of rotatable bonds is 9. The smallest absolute Gasteiger partial charge is 0.257 e. The monoisotopic (exact) mass is 567 g/mol. The number of ether oxygens (including phenoxy) is 1. The fourth-order valence-electron chi connectivity index (χ4n) is 4.88. The maximum absolute atomic E-state index is 13.1. The molecule has 5 rings (SSSR count). The van der Waals surface area contributed by atoms with Crippen molar-refractivity contribution in [2.75, 3.05) is 22.5 Å². The average Bonchev–Trinajstić information content (AvgIpc) is 3.39. The quantitative estimate of drug-likeness (QED) is 0.186. The SMILES string of the molecule is C=CC(=O)Nc1ccccc1C(=O)Nc1cccc(Nc2cc(OC3CCC(C)(C)NC3)nc3c(C(C)C)cnn23)c1. The Labute approximate surface area is 245 Å². The summed E-state index contributed by atoms with van der Waals surface area (Å²) >= 11 is 0. The van der Waals surface area contributed by atoms with E-state index in [9.17, 15) is 9.59 Å². The third-order valence-corrected chi connectivity index (χ3v) is 7.29. The zero-order valence-electron chi connectivity index (χ0n) is 24.4. The van der Waals surface area contributed by atoms with Crippen LogP contribution >= 0.6 is 0 Å². The molecule has 0 saturated carbocycles. The summed E-state index contributed by atoms with van der Waals surface area (Å²) in [4.78, 5) is 29.8. The number of fused-ring (bicyclic) bond motifs is 1. The van der Waals surface area contributed by atoms with E-state index >= 15 is 0 Å². The van der Waals surface area contributed by atoms with E-state index in [2.05, 4.69) is 60.6 Å². The maximum Gasteiger partial charge on any atom is 0.257 e. The van der Waals surface area contributed by atoms with E-state index in [-0.39, 0.29) is 23.5 Å². The van der Waals surface area contributed by atoms with Gasteiger partial charge in [-0.15, -0.1) is 0 Å². The van der Waals surface area contributed by atoms with Gasteiger partial charge in [-0.1, -0.05) is 38.6 Å². The topological polar surface area (TPSA) is 122 Å². The Balaban J connectivity index is 1.39. The van der Waals surface area contributed by atoms with Crippen molar-refractivity contribution in [3.8, 4) is 5.88 Å². The number of nitrogens with one attached hydrogen (secondary N) is 4. The lowest BCUT2D eigenvalue weighted by atomic mass is 9.92. The molecule has 1 fully saturated rings. The van der Waals surface area contributed by atoms with E-state index in [4.69, 9.17) is 9.72 Å². The molecule has 1 atom stereocenters. The van der Waals surface area contributed by atoms with Gasteiger partial charge < -0.3 is 26.0 Å². The second-order valence-corrected chi connectivity index (χ2v) is 11.4. The molecule has 1 aliphatic heterocycles. The molecule has 2 amide bonds. The van der Waals surface area contributed by atoms with Gasteiger partial charge in [0.25, 0.3) is 5.91 Å². The van der Waals surface area contributed by atoms with E-state index < -0.39 is 5.91 Å². The number of nitrogens with zero attached hydrogens (tertiary/aromatic N) is 3. The van der Waals surface area contributed by atoms with Crippen LogP contribution in [0.3, 0.4) is 0 Å². The zero-order valence-corrected chi connectivity index (χ0v) is 24.4. The van der Waals surface area contributed by atoms with Crippen LogP contribution in [0.2, 0.25) is 0 Å². The standard InChI is InChI=1S/C32H37N7O3/c1-6-28(40)37-26-13-8-7-12-24(26)31(41)36-22-11-9-10-21(16-22)35-27-17-29(42-23-14-15-32(4,5)33-18-23)38-30-25(20(2)3)19-34-39(27)30/h6-13,16-17,19-20,23,33,35H,1,14-15,18H2,2-5H3,(H,36,41)(H,37,40). The minimum Gasteiger partial charge on any atom is -0.473 e. The van der Waals surface area contributed by atoms with Crippen molar-refractivity contribution in [2.45, 2.75) is 58.1 Å². The molecule has 2 aromatic heterocycles. The van der Waals surface area contributed by atoms with Crippen molar-refractivity contribution in [1.82, 2.24) is 19.9 Å². The van der Waals surface area contributed by atoms with Gasteiger partial charge in [0.2, 0.25) is 11.8 Å². The summed E-state index contributed by atoms with van der Waals surface area (Å²) in [5.41, 5.74) is 3.91. The number of para-hydroxylation sites is 1.